The first-order valence-electron chi connectivity index (χ1n) is 14.1. The van der Waals surface area contributed by atoms with Crippen LogP contribution in [0.2, 0.25) is 0 Å². The number of benzene rings is 1. The molecule has 1 aliphatic rings. The zero-order chi connectivity index (χ0) is 29.3. The number of hydrogen-bond acceptors (Lipinski definition) is 5. The van der Waals surface area contributed by atoms with E-state index in [1.54, 1.807) is 24.0 Å². The molecule has 1 aromatic carbocycles. The number of amides is 2. The SMILES string of the molecule is CCC(=O)[C@@H](CCCN=C(N)N)CC(=O)[C@@H]1CCCN1C(=O)[C@@H](NC(=O)c1ccc(C(C)(C)C)cc1)C(C)C. The van der Waals surface area contributed by atoms with Crippen molar-refractivity contribution in [2.75, 3.05) is 13.1 Å². The predicted octanol–water partition coefficient (Wildman–Crippen LogP) is 3.34. The minimum Gasteiger partial charge on any atom is -0.370 e. The van der Waals surface area contributed by atoms with Gasteiger partial charge in [-0.05, 0) is 54.7 Å². The van der Waals surface area contributed by atoms with Gasteiger partial charge in [0.15, 0.2) is 11.7 Å². The highest BCUT2D eigenvalue weighted by Crippen LogP contribution is 2.26. The van der Waals surface area contributed by atoms with E-state index in [9.17, 15) is 19.2 Å². The maximum absolute atomic E-state index is 13.7. The number of nitrogens with two attached hydrogens (primary N) is 2. The summed E-state index contributed by atoms with van der Waals surface area (Å²) in [5, 5.41) is 2.91. The Kier molecular flexibility index (Phi) is 11.7. The van der Waals surface area contributed by atoms with E-state index in [-0.39, 0.29) is 47.1 Å². The Morgan fingerprint density at radius 3 is 2.28 bits per heavy atom. The van der Waals surface area contributed by atoms with Crippen molar-refractivity contribution in [3.63, 3.8) is 0 Å². The number of ketones is 2. The maximum atomic E-state index is 13.7. The van der Waals surface area contributed by atoms with Gasteiger partial charge in [0.05, 0.1) is 6.04 Å². The maximum Gasteiger partial charge on any atom is 0.251 e. The molecule has 0 saturated carbocycles. The molecule has 0 radical (unpaired) electrons. The van der Waals surface area contributed by atoms with Gasteiger partial charge in [-0.25, -0.2) is 0 Å². The Morgan fingerprint density at radius 1 is 1.10 bits per heavy atom. The molecule has 0 unspecified atom stereocenters. The summed E-state index contributed by atoms with van der Waals surface area (Å²) in [7, 11) is 0. The van der Waals surface area contributed by atoms with E-state index in [0.29, 0.717) is 50.8 Å². The summed E-state index contributed by atoms with van der Waals surface area (Å²) in [6.45, 7) is 12.7. The molecule has 2 rings (SSSR count). The van der Waals surface area contributed by atoms with Crippen LogP contribution in [0.15, 0.2) is 29.3 Å². The number of carbonyl (C=O) groups is 4. The third-order valence-electron chi connectivity index (χ3n) is 7.40. The molecule has 1 saturated heterocycles. The van der Waals surface area contributed by atoms with Crippen LogP contribution >= 0.6 is 0 Å². The minimum atomic E-state index is -0.763. The number of rotatable bonds is 13. The summed E-state index contributed by atoms with van der Waals surface area (Å²) in [4.78, 5) is 58.2. The van der Waals surface area contributed by atoms with Crippen LogP contribution in [0, 0.1) is 11.8 Å². The smallest absolute Gasteiger partial charge is 0.251 e. The topological polar surface area (TPSA) is 148 Å². The molecule has 2 amide bonds. The van der Waals surface area contributed by atoms with Crippen LogP contribution in [0.25, 0.3) is 0 Å². The van der Waals surface area contributed by atoms with Crippen molar-refractivity contribution in [1.82, 2.24) is 10.2 Å². The Morgan fingerprint density at radius 2 is 1.74 bits per heavy atom. The van der Waals surface area contributed by atoms with E-state index >= 15 is 0 Å². The molecule has 39 heavy (non-hydrogen) atoms. The lowest BCUT2D eigenvalue weighted by Crippen LogP contribution is -2.54. The van der Waals surface area contributed by atoms with Gasteiger partial charge in [-0.3, -0.25) is 24.2 Å². The molecule has 1 fully saturated rings. The fourth-order valence-corrected chi connectivity index (χ4v) is 4.99. The third-order valence-corrected chi connectivity index (χ3v) is 7.40. The third kappa shape index (κ3) is 9.18. The summed E-state index contributed by atoms with van der Waals surface area (Å²) < 4.78 is 0. The monoisotopic (exact) mass is 541 g/mol. The van der Waals surface area contributed by atoms with Gasteiger partial charge in [0, 0.05) is 37.4 Å². The summed E-state index contributed by atoms with van der Waals surface area (Å²) in [6, 6.07) is 6.06. The lowest BCUT2D eigenvalue weighted by Gasteiger charge is -2.31. The van der Waals surface area contributed by atoms with Crippen molar-refractivity contribution >= 4 is 29.3 Å². The Bertz CT molecular complexity index is 1040. The van der Waals surface area contributed by atoms with Crippen LogP contribution in [0.4, 0.5) is 0 Å². The van der Waals surface area contributed by atoms with Gasteiger partial charge in [0.2, 0.25) is 5.91 Å². The van der Waals surface area contributed by atoms with E-state index in [1.165, 1.54) is 0 Å². The molecule has 0 aromatic heterocycles. The Hall–Kier alpha value is -3.23. The molecule has 1 aromatic rings. The van der Waals surface area contributed by atoms with Crippen LogP contribution in [0.3, 0.4) is 0 Å². The van der Waals surface area contributed by atoms with Crippen molar-refractivity contribution in [2.45, 2.75) is 97.6 Å². The summed E-state index contributed by atoms with van der Waals surface area (Å²) in [6.07, 6.45) is 2.78. The van der Waals surface area contributed by atoms with Crippen molar-refractivity contribution < 1.29 is 19.2 Å². The molecule has 5 N–H and O–H groups in total. The predicted molar refractivity (Wildman–Crippen MR) is 154 cm³/mol. The van der Waals surface area contributed by atoms with Gasteiger partial charge in [0.25, 0.3) is 5.91 Å². The van der Waals surface area contributed by atoms with Gasteiger partial charge in [-0.15, -0.1) is 0 Å². The summed E-state index contributed by atoms with van der Waals surface area (Å²) >= 11 is 0. The van der Waals surface area contributed by atoms with E-state index in [4.69, 9.17) is 11.5 Å². The van der Waals surface area contributed by atoms with Gasteiger partial charge in [0.1, 0.15) is 11.8 Å². The van der Waals surface area contributed by atoms with Crippen LogP contribution in [0.5, 0.6) is 0 Å². The summed E-state index contributed by atoms with van der Waals surface area (Å²) in [5.41, 5.74) is 12.3. The molecule has 0 spiro atoms. The molecule has 9 heteroatoms. The highest BCUT2D eigenvalue weighted by atomic mass is 16.2. The number of carbonyl (C=O) groups excluding carboxylic acids is 4. The second-order valence-electron chi connectivity index (χ2n) is 11.8. The van der Waals surface area contributed by atoms with Crippen molar-refractivity contribution in [3.8, 4) is 0 Å². The summed E-state index contributed by atoms with van der Waals surface area (Å²) in [5.74, 6) is -1.26. The molecular weight excluding hydrogens is 494 g/mol. The van der Waals surface area contributed by atoms with Crippen molar-refractivity contribution in [2.24, 2.45) is 28.3 Å². The molecular formula is C30H47N5O4. The van der Waals surface area contributed by atoms with Gasteiger partial charge in [-0.2, -0.15) is 0 Å². The number of aliphatic imine (C=N–C) groups is 1. The van der Waals surface area contributed by atoms with Crippen LogP contribution in [0.1, 0.15) is 96.0 Å². The van der Waals surface area contributed by atoms with Crippen LogP contribution in [-0.2, 0) is 19.8 Å². The molecule has 3 atom stereocenters. The highest BCUT2D eigenvalue weighted by molar-refractivity contribution is 5.99. The normalized spacial score (nSPS) is 17.0. The number of nitrogens with one attached hydrogen (secondary N) is 1. The standard InChI is InChI=1S/C30H47N5O4/c1-7-24(36)21(10-8-16-33-29(31)32)18-25(37)23-11-9-17-35(23)28(39)26(19(2)3)34-27(38)20-12-14-22(15-13-20)30(4,5)6/h12-15,19,21,23,26H,7-11,16-18H2,1-6H3,(H,34,38)(H4,31,32,33)/t21-,23-,26-/m0/s1. The second kappa shape index (κ2) is 14.2. The molecule has 1 aliphatic heterocycles. The molecule has 0 aliphatic carbocycles. The Labute approximate surface area is 233 Å². The van der Waals surface area contributed by atoms with Gasteiger partial charge < -0.3 is 21.7 Å². The first kappa shape index (κ1) is 32.0. The average molecular weight is 542 g/mol. The zero-order valence-electron chi connectivity index (χ0n) is 24.5. The highest BCUT2D eigenvalue weighted by Gasteiger charge is 2.39. The molecule has 9 nitrogen and oxygen atoms in total. The van der Waals surface area contributed by atoms with E-state index < -0.39 is 18.0 Å². The fraction of sp³-hybridized carbons (Fsp3) is 0.633. The molecule has 0 bridgehead atoms. The first-order chi connectivity index (χ1) is 18.3. The molecule has 1 heterocycles. The number of guanidine groups is 1. The number of likely N-dealkylation sites (tertiary alicyclic amines) is 1. The van der Waals surface area contributed by atoms with Crippen LogP contribution in [-0.4, -0.2) is 59.4 Å². The van der Waals surface area contributed by atoms with Gasteiger partial charge in [-0.1, -0.05) is 53.7 Å². The lowest BCUT2D eigenvalue weighted by atomic mass is 9.86. The van der Waals surface area contributed by atoms with E-state index in [0.717, 1.165) is 5.56 Å². The largest absolute Gasteiger partial charge is 0.370 e. The van der Waals surface area contributed by atoms with E-state index in [1.807, 2.05) is 26.0 Å². The number of hydrogen-bond donors (Lipinski definition) is 3. The quantitative estimate of drug-likeness (QED) is 0.198. The number of Topliss-reactive ketones (excluding diaryl/α,β-unsaturated/α-hetero) is 2. The minimum absolute atomic E-state index is 0.00160. The van der Waals surface area contributed by atoms with Crippen molar-refractivity contribution in [1.29, 1.82) is 0 Å². The Balaban J connectivity index is 2.11. The van der Waals surface area contributed by atoms with Gasteiger partial charge >= 0.3 is 0 Å². The van der Waals surface area contributed by atoms with Crippen LogP contribution < -0.4 is 16.8 Å². The zero-order valence-corrected chi connectivity index (χ0v) is 24.5. The first-order valence-corrected chi connectivity index (χ1v) is 14.1. The molecule has 216 valence electrons. The average Bonchev–Trinajstić information content (AvgIpc) is 3.37. The fourth-order valence-electron chi connectivity index (χ4n) is 4.99. The van der Waals surface area contributed by atoms with Crippen molar-refractivity contribution in [3.05, 3.63) is 35.4 Å². The number of nitrogens with zero attached hydrogens (tertiary/aromatic N) is 2. The lowest BCUT2D eigenvalue weighted by molar-refractivity contribution is -0.140. The van der Waals surface area contributed by atoms with E-state index in [2.05, 4.69) is 31.1 Å². The second-order valence-corrected chi connectivity index (χ2v) is 11.8.